The average molecular weight is 1280 g/mol. The van der Waals surface area contributed by atoms with Crippen LogP contribution in [-0.4, -0.2) is 74.9 Å². The van der Waals surface area contributed by atoms with E-state index in [2.05, 4.69) is 38.2 Å². The molecule has 2 unspecified atom stereocenters. The number of rotatable bonds is 75. The van der Waals surface area contributed by atoms with E-state index in [4.69, 9.17) is 18.5 Å². The zero-order chi connectivity index (χ0) is 64.8. The first kappa shape index (κ1) is 87.5. The van der Waals surface area contributed by atoms with Crippen molar-refractivity contribution in [1.29, 1.82) is 0 Å². The topological polar surface area (TPSA) is 108 Å². The highest BCUT2D eigenvalue weighted by Gasteiger charge is 2.27. The van der Waals surface area contributed by atoms with Crippen molar-refractivity contribution in [3.63, 3.8) is 0 Å². The first-order chi connectivity index (χ1) is 43.5. The number of allylic oxidation sites excluding steroid dienone is 4. The summed E-state index contributed by atoms with van der Waals surface area (Å²) in [4.78, 5) is 36.0. The van der Waals surface area contributed by atoms with Gasteiger partial charge >= 0.3 is 19.8 Å². The van der Waals surface area contributed by atoms with Crippen molar-refractivity contribution in [2.75, 3.05) is 47.5 Å². The van der Waals surface area contributed by atoms with E-state index in [-0.39, 0.29) is 25.6 Å². The fourth-order valence-corrected chi connectivity index (χ4v) is 12.9. The van der Waals surface area contributed by atoms with E-state index in [0.29, 0.717) is 17.4 Å². The van der Waals surface area contributed by atoms with Gasteiger partial charge in [0.25, 0.3) is 0 Å². The molecule has 0 aliphatic rings. The Labute approximate surface area is 555 Å². The molecule has 0 radical (unpaired) electrons. The number of esters is 2. The Morgan fingerprint density at radius 3 is 0.888 bits per heavy atom. The first-order valence-electron chi connectivity index (χ1n) is 39.6. The fourth-order valence-electron chi connectivity index (χ4n) is 12.2. The molecule has 0 saturated carbocycles. The minimum absolute atomic E-state index is 0.0361. The third kappa shape index (κ3) is 75.4. The Morgan fingerprint density at radius 2 is 0.607 bits per heavy atom. The summed E-state index contributed by atoms with van der Waals surface area (Å²) in [6.45, 7) is 4.52. The predicted octanol–water partition coefficient (Wildman–Crippen LogP) is 26.0. The zero-order valence-electron chi connectivity index (χ0n) is 60.5. The molecule has 89 heavy (non-hydrogen) atoms. The largest absolute Gasteiger partial charge is 0.472 e. The van der Waals surface area contributed by atoms with Crippen molar-refractivity contribution in [3.05, 3.63) is 24.3 Å². The number of unbranched alkanes of at least 4 members (excludes halogenated alkanes) is 57. The molecule has 0 aromatic carbocycles. The van der Waals surface area contributed by atoms with E-state index in [1.54, 1.807) is 0 Å². The Bertz CT molecular complexity index is 1550. The van der Waals surface area contributed by atoms with E-state index in [1.165, 1.54) is 347 Å². The molecule has 0 amide bonds. The molecule has 0 aromatic rings. The second kappa shape index (κ2) is 70.8. The number of nitrogens with zero attached hydrogens (tertiary/aromatic N) is 1. The maximum atomic E-state index is 12.9. The van der Waals surface area contributed by atoms with Crippen LogP contribution in [0.25, 0.3) is 0 Å². The number of carbonyl (C=O) groups excluding carboxylic acids is 2. The van der Waals surface area contributed by atoms with E-state index in [9.17, 15) is 19.0 Å². The number of likely N-dealkylation sites (N-methyl/N-ethyl adjacent to an activating group) is 1. The van der Waals surface area contributed by atoms with Gasteiger partial charge in [0, 0.05) is 12.8 Å². The van der Waals surface area contributed by atoms with Gasteiger partial charge in [-0.25, -0.2) is 4.57 Å². The van der Waals surface area contributed by atoms with Gasteiger partial charge in [-0.3, -0.25) is 18.6 Å². The quantitative estimate of drug-likeness (QED) is 0.0211. The van der Waals surface area contributed by atoms with Crippen molar-refractivity contribution in [2.45, 2.75) is 424 Å². The van der Waals surface area contributed by atoms with Crippen molar-refractivity contribution in [3.8, 4) is 0 Å². The Kier molecular flexibility index (Phi) is 69.6. The maximum Gasteiger partial charge on any atom is 0.472 e. The maximum absolute atomic E-state index is 12.9. The van der Waals surface area contributed by atoms with Crippen LogP contribution in [-0.2, 0) is 32.7 Å². The highest BCUT2D eigenvalue weighted by molar-refractivity contribution is 7.47. The Balaban J connectivity index is 3.91. The van der Waals surface area contributed by atoms with Crippen LogP contribution in [0.2, 0.25) is 0 Å². The summed E-state index contributed by atoms with van der Waals surface area (Å²) >= 11 is 0. The minimum Gasteiger partial charge on any atom is -0.462 e. The molecule has 528 valence electrons. The normalized spacial score (nSPS) is 13.1. The van der Waals surface area contributed by atoms with Crippen molar-refractivity contribution < 1.29 is 42.1 Å². The molecule has 1 N–H and O–H groups in total. The Hall–Kier alpha value is -1.51. The van der Waals surface area contributed by atoms with Gasteiger partial charge in [-0.15, -0.1) is 0 Å². The average Bonchev–Trinajstić information content (AvgIpc) is 3.60. The van der Waals surface area contributed by atoms with Gasteiger partial charge in [-0.1, -0.05) is 385 Å². The van der Waals surface area contributed by atoms with E-state index >= 15 is 0 Å². The summed E-state index contributed by atoms with van der Waals surface area (Å²) in [5.74, 6) is -0.769. The second-order valence-electron chi connectivity index (χ2n) is 28.5. The SMILES string of the molecule is CCCCCCC/C=C\C/C=C\CCCCCCCCCCCCCCCCCCCCCCCC(=O)OC(COC(=O)CCCCCCCCCCCCCCCCCCCCCCCCCCCCCCCCCC)COP(=O)(O)OCC[N+](C)(C)C. The number of quaternary nitrogens is 1. The van der Waals surface area contributed by atoms with Crippen molar-refractivity contribution in [2.24, 2.45) is 0 Å². The van der Waals surface area contributed by atoms with Gasteiger partial charge in [0.15, 0.2) is 6.10 Å². The zero-order valence-corrected chi connectivity index (χ0v) is 61.4. The van der Waals surface area contributed by atoms with Crippen LogP contribution >= 0.6 is 7.82 Å². The summed E-state index contributed by atoms with van der Waals surface area (Å²) in [6.07, 6.45) is 90.4. The van der Waals surface area contributed by atoms with Crippen molar-refractivity contribution >= 4 is 19.8 Å². The number of phosphoric ester groups is 1. The summed E-state index contributed by atoms with van der Waals surface area (Å²) in [7, 11) is 1.51. The van der Waals surface area contributed by atoms with E-state index in [0.717, 1.165) is 44.9 Å². The molecule has 0 spiro atoms. The summed E-state index contributed by atoms with van der Waals surface area (Å²) < 4.78 is 34.8. The van der Waals surface area contributed by atoms with Crippen LogP contribution in [0.5, 0.6) is 0 Å². The molecule has 9 nitrogen and oxygen atoms in total. The van der Waals surface area contributed by atoms with E-state index < -0.39 is 26.5 Å². The number of hydrogen-bond acceptors (Lipinski definition) is 7. The molecule has 0 aliphatic heterocycles. The predicted molar refractivity (Wildman–Crippen MR) is 386 cm³/mol. The van der Waals surface area contributed by atoms with E-state index in [1.807, 2.05) is 21.1 Å². The number of phosphoric acid groups is 1. The molecule has 0 heterocycles. The molecule has 0 aromatic heterocycles. The van der Waals surface area contributed by atoms with Crippen LogP contribution in [0.15, 0.2) is 24.3 Å². The van der Waals surface area contributed by atoms with Crippen LogP contribution in [0.4, 0.5) is 0 Å². The highest BCUT2D eigenvalue weighted by Crippen LogP contribution is 2.43. The van der Waals surface area contributed by atoms with Gasteiger partial charge in [0.05, 0.1) is 27.7 Å². The van der Waals surface area contributed by atoms with Gasteiger partial charge in [0.2, 0.25) is 0 Å². The highest BCUT2D eigenvalue weighted by atomic mass is 31.2. The lowest BCUT2D eigenvalue weighted by Crippen LogP contribution is -2.37. The minimum atomic E-state index is -4.39. The number of carbonyl (C=O) groups is 2. The van der Waals surface area contributed by atoms with Gasteiger partial charge < -0.3 is 18.9 Å². The lowest BCUT2D eigenvalue weighted by atomic mass is 10.0. The van der Waals surface area contributed by atoms with Crippen LogP contribution < -0.4 is 0 Å². The lowest BCUT2D eigenvalue weighted by molar-refractivity contribution is -0.870. The molecule has 0 rings (SSSR count). The van der Waals surface area contributed by atoms with Crippen LogP contribution in [0, 0.1) is 0 Å². The second-order valence-corrected chi connectivity index (χ2v) is 29.9. The van der Waals surface area contributed by atoms with Crippen molar-refractivity contribution in [1.82, 2.24) is 0 Å². The molecule has 0 aliphatic carbocycles. The molecule has 0 saturated heterocycles. The fraction of sp³-hybridized carbons (Fsp3) is 0.924. The smallest absolute Gasteiger partial charge is 0.462 e. The van der Waals surface area contributed by atoms with Gasteiger partial charge in [0.1, 0.15) is 19.8 Å². The summed E-state index contributed by atoms with van der Waals surface area (Å²) in [5, 5.41) is 0. The number of hydrogen-bond donors (Lipinski definition) is 1. The van der Waals surface area contributed by atoms with Gasteiger partial charge in [-0.05, 0) is 44.9 Å². The third-order valence-corrected chi connectivity index (χ3v) is 19.2. The Morgan fingerprint density at radius 1 is 0.348 bits per heavy atom. The molecule has 0 bridgehead atoms. The molecule has 0 fully saturated rings. The third-order valence-electron chi connectivity index (χ3n) is 18.2. The van der Waals surface area contributed by atoms with Crippen LogP contribution in [0.3, 0.4) is 0 Å². The monoisotopic (exact) mass is 1280 g/mol. The summed E-state index contributed by atoms with van der Waals surface area (Å²) in [5.41, 5.74) is 0. The van der Waals surface area contributed by atoms with Gasteiger partial charge in [-0.2, -0.15) is 0 Å². The molecule has 10 heteroatoms. The number of ether oxygens (including phenoxy) is 2. The first-order valence-corrected chi connectivity index (χ1v) is 41.1. The lowest BCUT2D eigenvalue weighted by Gasteiger charge is -2.24. The molecular formula is C79H155NO8P+. The molecule has 2 atom stereocenters. The summed E-state index contributed by atoms with van der Waals surface area (Å²) in [6, 6.07) is 0. The molecular weight excluding hydrogens is 1120 g/mol. The standard InChI is InChI=1S/C79H154NO8P/c1-6-8-10-12-14-16-18-20-22-24-26-28-30-32-34-36-38-40-42-44-46-48-50-52-54-56-58-60-62-64-66-68-70-72-79(82)88-77(76-87-89(83,84)86-74-73-80(3,4)5)75-85-78(81)71-69-67-65-63-61-59-57-55-53-51-49-47-45-43-41-39-37-35-33-31-29-27-25-23-21-19-17-15-13-11-9-7-2/h18,20,24,26,77H,6-17,19,21-23,25,27-76H2,1-5H3/p+1/b20-18-,26-24-. The van der Waals surface area contributed by atoms with Crippen LogP contribution in [0.1, 0.15) is 418 Å².